The number of alkyl halides is 3. The van der Waals surface area contributed by atoms with Crippen LogP contribution in [0.15, 0.2) is 6.07 Å². The van der Waals surface area contributed by atoms with Crippen LogP contribution in [-0.2, 0) is 5.38 Å². The molecule has 72 valence electrons. The van der Waals surface area contributed by atoms with E-state index in [-0.39, 0.29) is 10.2 Å². The highest BCUT2D eigenvalue weighted by Gasteiger charge is 2.32. The van der Waals surface area contributed by atoms with E-state index in [0.29, 0.717) is 0 Å². The van der Waals surface area contributed by atoms with Gasteiger partial charge < -0.3 is 0 Å². The van der Waals surface area contributed by atoms with Crippen LogP contribution < -0.4 is 0 Å². The molecule has 1 aromatic rings. The maximum atomic E-state index is 12.6. The van der Waals surface area contributed by atoms with E-state index in [0.717, 1.165) is 6.07 Å². The van der Waals surface area contributed by atoms with Gasteiger partial charge in [-0.05, 0) is 17.7 Å². The second-order valence-corrected chi connectivity index (χ2v) is 3.70. The molecular formula is C6HCl4F2N. The zero-order valence-electron chi connectivity index (χ0n) is 5.79. The number of pyridine rings is 1. The average Bonchev–Trinajstić information content (AvgIpc) is 1.94. The molecule has 0 radical (unpaired) electrons. The van der Waals surface area contributed by atoms with Crippen LogP contribution >= 0.6 is 46.4 Å². The van der Waals surface area contributed by atoms with Crippen LogP contribution in [0.25, 0.3) is 0 Å². The van der Waals surface area contributed by atoms with Crippen molar-refractivity contribution in [2.45, 2.75) is 5.38 Å². The Kier molecular flexibility index (Phi) is 3.23. The zero-order valence-corrected chi connectivity index (χ0v) is 8.82. The van der Waals surface area contributed by atoms with Crippen molar-refractivity contribution < 1.29 is 8.78 Å². The van der Waals surface area contributed by atoms with Crippen molar-refractivity contribution in [1.29, 1.82) is 0 Å². The summed E-state index contributed by atoms with van der Waals surface area (Å²) in [6, 6.07) is 0.881. The van der Waals surface area contributed by atoms with Gasteiger partial charge in [-0.2, -0.15) is 8.78 Å². The lowest BCUT2D eigenvalue weighted by Gasteiger charge is -2.09. The Hall–Kier alpha value is 0.170. The van der Waals surface area contributed by atoms with Gasteiger partial charge in [-0.15, -0.1) is 0 Å². The fourth-order valence-electron chi connectivity index (χ4n) is 0.644. The lowest BCUT2D eigenvalue weighted by molar-refractivity contribution is 0.0949. The second-order valence-electron chi connectivity index (χ2n) is 2.10. The smallest absolute Gasteiger partial charge is 0.222 e. The van der Waals surface area contributed by atoms with Crippen molar-refractivity contribution in [3.05, 3.63) is 27.0 Å². The minimum atomic E-state index is -3.60. The molecule has 1 heterocycles. The van der Waals surface area contributed by atoms with Crippen LogP contribution in [0.3, 0.4) is 0 Å². The molecular weight excluding hydrogens is 266 g/mol. The van der Waals surface area contributed by atoms with E-state index in [1.165, 1.54) is 0 Å². The highest BCUT2D eigenvalue weighted by atomic mass is 35.5. The number of hydrogen-bond donors (Lipinski definition) is 0. The first-order chi connectivity index (χ1) is 5.82. The normalized spacial score (nSPS) is 11.8. The molecule has 1 aromatic heterocycles. The molecule has 0 saturated carbocycles. The predicted octanol–water partition coefficient (Wildman–Crippen LogP) is 4.33. The molecule has 0 aromatic carbocycles. The third kappa shape index (κ3) is 2.56. The molecule has 7 heteroatoms. The first-order valence-corrected chi connectivity index (χ1v) is 4.42. The highest BCUT2D eigenvalue weighted by molar-refractivity contribution is 6.42. The molecule has 1 rings (SSSR count). The summed E-state index contributed by atoms with van der Waals surface area (Å²) in [6.45, 7) is 0. The number of halogens is 6. The van der Waals surface area contributed by atoms with E-state index in [9.17, 15) is 8.78 Å². The Labute approximate surface area is 92.6 Å². The minimum Gasteiger partial charge on any atom is -0.222 e. The summed E-state index contributed by atoms with van der Waals surface area (Å²) in [4.78, 5) is 3.37. The fraction of sp³-hybridized carbons (Fsp3) is 0.167. The van der Waals surface area contributed by atoms with E-state index >= 15 is 0 Å². The molecule has 1 nitrogen and oxygen atoms in total. The van der Waals surface area contributed by atoms with Gasteiger partial charge in [0, 0.05) is 0 Å². The molecule has 0 bridgehead atoms. The summed E-state index contributed by atoms with van der Waals surface area (Å²) in [5, 5.41) is -4.33. The highest BCUT2D eigenvalue weighted by Crippen LogP contribution is 2.38. The van der Waals surface area contributed by atoms with Crippen molar-refractivity contribution in [3.8, 4) is 0 Å². The summed E-state index contributed by atoms with van der Waals surface area (Å²) >= 11 is 21.0. The van der Waals surface area contributed by atoms with Gasteiger partial charge in [0.1, 0.15) is 10.3 Å². The van der Waals surface area contributed by atoms with Crippen molar-refractivity contribution in [2.75, 3.05) is 0 Å². The maximum absolute atomic E-state index is 12.6. The molecule has 0 N–H and O–H groups in total. The van der Waals surface area contributed by atoms with E-state index in [4.69, 9.17) is 46.4 Å². The largest absolute Gasteiger partial charge is 0.351 e. The Bertz CT molecular complexity index is 336. The van der Waals surface area contributed by atoms with E-state index in [2.05, 4.69) is 4.98 Å². The first-order valence-electron chi connectivity index (χ1n) is 2.91. The van der Waals surface area contributed by atoms with Gasteiger partial charge in [0.2, 0.25) is 0 Å². The van der Waals surface area contributed by atoms with Crippen LogP contribution in [-0.4, -0.2) is 4.98 Å². The first kappa shape index (κ1) is 11.2. The summed E-state index contributed by atoms with van der Waals surface area (Å²) in [6.07, 6.45) is 0. The van der Waals surface area contributed by atoms with E-state index in [1.807, 2.05) is 0 Å². The van der Waals surface area contributed by atoms with Crippen LogP contribution in [0, 0.1) is 0 Å². The lowest BCUT2D eigenvalue weighted by atomic mass is 10.3. The molecule has 0 aliphatic heterocycles. The molecule has 0 aliphatic carbocycles. The summed E-state index contributed by atoms with van der Waals surface area (Å²) in [5.41, 5.74) is -0.662. The van der Waals surface area contributed by atoms with Gasteiger partial charge in [0.15, 0.2) is 0 Å². The molecule has 0 unspecified atom stereocenters. The summed E-state index contributed by atoms with van der Waals surface area (Å²) < 4.78 is 25.1. The molecule has 0 amide bonds. The summed E-state index contributed by atoms with van der Waals surface area (Å²) in [7, 11) is 0. The standard InChI is InChI=1S/C6HCl4F2N/c7-3-1-2(6(10,11)12)4(8)13-5(3)9/h1H. The molecule has 13 heavy (non-hydrogen) atoms. The number of aromatic nitrogens is 1. The molecule has 0 saturated heterocycles. The molecule has 0 aliphatic rings. The molecule has 0 spiro atoms. The Morgan fingerprint density at radius 2 is 1.69 bits per heavy atom. The Balaban J connectivity index is 3.32. The zero-order chi connectivity index (χ0) is 10.2. The van der Waals surface area contributed by atoms with E-state index < -0.39 is 16.1 Å². The monoisotopic (exact) mass is 265 g/mol. The SMILES string of the molecule is FC(F)(Cl)c1cc(Cl)c(Cl)nc1Cl. The average molecular weight is 267 g/mol. The summed E-state index contributed by atoms with van der Waals surface area (Å²) in [5.74, 6) is 0. The number of nitrogens with zero attached hydrogens (tertiary/aromatic N) is 1. The van der Waals surface area contributed by atoms with Gasteiger partial charge in [-0.25, -0.2) is 4.98 Å². The number of rotatable bonds is 1. The van der Waals surface area contributed by atoms with Gasteiger partial charge in [-0.1, -0.05) is 34.8 Å². The minimum absolute atomic E-state index is 0.124. The topological polar surface area (TPSA) is 12.9 Å². The Morgan fingerprint density at radius 3 is 2.15 bits per heavy atom. The predicted molar refractivity (Wildman–Crippen MR) is 49.0 cm³/mol. The van der Waals surface area contributed by atoms with E-state index in [1.54, 1.807) is 0 Å². The van der Waals surface area contributed by atoms with Crippen LogP contribution in [0.2, 0.25) is 15.3 Å². The van der Waals surface area contributed by atoms with Crippen molar-refractivity contribution in [2.24, 2.45) is 0 Å². The van der Waals surface area contributed by atoms with Crippen molar-refractivity contribution in [1.82, 2.24) is 4.98 Å². The van der Waals surface area contributed by atoms with Gasteiger partial charge >= 0.3 is 5.38 Å². The van der Waals surface area contributed by atoms with Gasteiger partial charge in [-0.3, -0.25) is 0 Å². The van der Waals surface area contributed by atoms with Gasteiger partial charge in [0.05, 0.1) is 10.6 Å². The van der Waals surface area contributed by atoms with Crippen molar-refractivity contribution in [3.63, 3.8) is 0 Å². The Morgan fingerprint density at radius 1 is 1.15 bits per heavy atom. The lowest BCUT2D eigenvalue weighted by Crippen LogP contribution is -2.05. The van der Waals surface area contributed by atoms with Gasteiger partial charge in [0.25, 0.3) is 0 Å². The third-order valence-corrected chi connectivity index (χ3v) is 2.36. The maximum Gasteiger partial charge on any atom is 0.351 e. The van der Waals surface area contributed by atoms with Crippen LogP contribution in [0.1, 0.15) is 5.56 Å². The quantitative estimate of drug-likeness (QED) is 0.545. The molecule has 0 atom stereocenters. The third-order valence-electron chi connectivity index (χ3n) is 1.19. The van der Waals surface area contributed by atoms with Crippen LogP contribution in [0.5, 0.6) is 0 Å². The fourth-order valence-corrected chi connectivity index (χ4v) is 1.43. The second kappa shape index (κ2) is 3.73. The van der Waals surface area contributed by atoms with Crippen molar-refractivity contribution >= 4 is 46.4 Å². The van der Waals surface area contributed by atoms with Crippen LogP contribution in [0.4, 0.5) is 8.78 Å². The molecule has 0 fully saturated rings. The number of hydrogen-bond acceptors (Lipinski definition) is 1.